The Balaban J connectivity index is 1.71. The minimum atomic E-state index is -2.27. The maximum absolute atomic E-state index is 14.6. The highest BCUT2D eigenvalue weighted by Crippen LogP contribution is 2.26. The average molecular weight is 1080 g/mol. The first kappa shape index (κ1) is 63.4. The van der Waals surface area contributed by atoms with E-state index < -0.39 is 146 Å². The third-order valence-corrected chi connectivity index (χ3v) is 14.6. The first-order valence-corrected chi connectivity index (χ1v) is 26.9. The highest BCUT2D eigenvalue weighted by molar-refractivity contribution is 5.98. The third-order valence-electron chi connectivity index (χ3n) is 14.6. The van der Waals surface area contributed by atoms with Crippen LogP contribution in [0, 0.1) is 11.8 Å². The van der Waals surface area contributed by atoms with Crippen LogP contribution in [-0.4, -0.2) is 204 Å². The van der Waals surface area contributed by atoms with Crippen LogP contribution in [0.3, 0.4) is 0 Å². The molecule has 76 heavy (non-hydrogen) atoms. The molecule has 25 heteroatoms. The van der Waals surface area contributed by atoms with Crippen LogP contribution < -0.4 is 43.4 Å². The summed E-state index contributed by atoms with van der Waals surface area (Å²) in [5.41, 5.74) is 11.5. The van der Waals surface area contributed by atoms with Gasteiger partial charge in [0.2, 0.25) is 41.4 Å². The molecule has 15 atom stereocenters. The quantitative estimate of drug-likeness (QED) is 0.0469. The number of phenolic OH excluding ortho intramolecular Hbond substituents is 1. The van der Waals surface area contributed by atoms with Crippen molar-refractivity contribution in [2.45, 2.75) is 190 Å². The second-order valence-electron chi connectivity index (χ2n) is 20.8. The lowest BCUT2D eigenvalue weighted by Crippen LogP contribution is -2.65. The lowest BCUT2D eigenvalue weighted by atomic mass is 9.91. The highest BCUT2D eigenvalue weighted by Gasteiger charge is 2.48. The zero-order valence-corrected chi connectivity index (χ0v) is 44.1. The van der Waals surface area contributed by atoms with Crippen molar-refractivity contribution >= 4 is 41.4 Å². The van der Waals surface area contributed by atoms with Crippen LogP contribution in [0.15, 0.2) is 24.3 Å². The third kappa shape index (κ3) is 18.3. The number of nitrogens with two attached hydrogens (primary N) is 2. The monoisotopic (exact) mass is 1080 g/mol. The number of nitrogens with one attached hydrogen (secondary N) is 6. The fraction of sp³-hybridized carbons (Fsp3) is 0.745. The second-order valence-corrected chi connectivity index (χ2v) is 20.8. The molecule has 7 amide bonds. The number of carbonyl (C=O) groups is 7. The van der Waals surface area contributed by atoms with E-state index in [-0.39, 0.29) is 56.8 Å². The van der Waals surface area contributed by atoms with Gasteiger partial charge < -0.3 is 88.7 Å². The molecule has 0 bridgehead atoms. The maximum Gasteiger partial charge on any atom is 0.248 e. The van der Waals surface area contributed by atoms with E-state index in [0.29, 0.717) is 24.7 Å². The lowest BCUT2D eigenvalue weighted by Gasteiger charge is -2.35. The van der Waals surface area contributed by atoms with Gasteiger partial charge in [-0.25, -0.2) is 0 Å². The summed E-state index contributed by atoms with van der Waals surface area (Å²) in [4.78, 5) is 101. The molecular formula is C51H86N10O15. The van der Waals surface area contributed by atoms with Crippen LogP contribution in [0.2, 0.25) is 0 Å². The number of unbranched alkanes of at least 4 members (excludes halogenated alkanes) is 5. The fourth-order valence-electron chi connectivity index (χ4n) is 10.1. The number of carbonyl (C=O) groups excluding carboxylic acids is 7. The predicted molar refractivity (Wildman–Crippen MR) is 276 cm³/mol. The summed E-state index contributed by atoms with van der Waals surface area (Å²) in [5, 5.41) is 104. The number of aliphatic hydroxyl groups excluding tert-OH is 7. The van der Waals surface area contributed by atoms with Crippen molar-refractivity contribution in [3.63, 3.8) is 0 Å². The number of hydrogen-bond donors (Lipinski definition) is 16. The Morgan fingerprint density at radius 2 is 1.41 bits per heavy atom. The second kappa shape index (κ2) is 31.3. The summed E-state index contributed by atoms with van der Waals surface area (Å²) >= 11 is 0. The molecule has 0 radical (unpaired) electrons. The van der Waals surface area contributed by atoms with Gasteiger partial charge in [-0.15, -0.1) is 0 Å². The summed E-state index contributed by atoms with van der Waals surface area (Å²) in [6.07, 6.45) is -5.18. The summed E-state index contributed by atoms with van der Waals surface area (Å²) in [6.45, 7) is 4.51. The van der Waals surface area contributed by atoms with E-state index in [4.69, 9.17) is 11.5 Å². The number of hydrogen-bond acceptors (Lipinski definition) is 18. The fourth-order valence-corrected chi connectivity index (χ4v) is 10.1. The Morgan fingerprint density at radius 1 is 0.750 bits per heavy atom. The van der Waals surface area contributed by atoms with Gasteiger partial charge in [-0.2, -0.15) is 0 Å². The molecule has 3 heterocycles. The van der Waals surface area contributed by atoms with Gasteiger partial charge in [0.15, 0.2) is 0 Å². The van der Waals surface area contributed by atoms with Gasteiger partial charge in [0.05, 0.1) is 31.0 Å². The van der Waals surface area contributed by atoms with Crippen LogP contribution in [0.4, 0.5) is 0 Å². The van der Waals surface area contributed by atoms with Crippen LogP contribution in [-0.2, 0) is 33.6 Å². The van der Waals surface area contributed by atoms with Crippen molar-refractivity contribution in [2.75, 3.05) is 39.3 Å². The molecule has 3 saturated heterocycles. The van der Waals surface area contributed by atoms with E-state index in [9.17, 15) is 74.4 Å². The van der Waals surface area contributed by atoms with Crippen molar-refractivity contribution in [2.24, 2.45) is 23.3 Å². The Kier molecular flexibility index (Phi) is 26.2. The largest absolute Gasteiger partial charge is 0.508 e. The van der Waals surface area contributed by atoms with E-state index in [1.165, 1.54) is 30.7 Å². The topological polar surface area (TPSA) is 412 Å². The van der Waals surface area contributed by atoms with Crippen LogP contribution >= 0.6 is 0 Å². The van der Waals surface area contributed by atoms with Gasteiger partial charge in [-0.05, 0) is 61.8 Å². The molecule has 18 N–H and O–H groups in total. The van der Waals surface area contributed by atoms with Crippen molar-refractivity contribution in [3.8, 4) is 5.75 Å². The number of benzene rings is 1. The first-order valence-electron chi connectivity index (χ1n) is 26.9. The van der Waals surface area contributed by atoms with Gasteiger partial charge in [-0.3, -0.25) is 38.9 Å². The van der Waals surface area contributed by atoms with Crippen LogP contribution in [0.25, 0.3) is 0 Å². The van der Waals surface area contributed by atoms with Crippen LogP contribution in [0.5, 0.6) is 5.75 Å². The van der Waals surface area contributed by atoms with E-state index in [2.05, 4.69) is 52.7 Å². The Hall–Kier alpha value is -5.09. The first-order chi connectivity index (χ1) is 36.1. The molecule has 0 aliphatic carbocycles. The molecule has 0 spiro atoms. The normalized spacial score (nSPS) is 28.4. The molecule has 0 aromatic heterocycles. The minimum absolute atomic E-state index is 0.0222. The number of amides is 7. The highest BCUT2D eigenvalue weighted by atomic mass is 16.3. The number of phenols is 1. The average Bonchev–Trinajstić information content (AvgIpc) is 3.99. The number of rotatable bonds is 23. The Labute approximate surface area is 444 Å². The zero-order valence-electron chi connectivity index (χ0n) is 44.1. The number of nitrogens with zero attached hydrogens (tertiary/aromatic N) is 2. The molecule has 3 aliphatic heterocycles. The summed E-state index contributed by atoms with van der Waals surface area (Å²) in [5.74, 6) is -6.42. The molecule has 1 unspecified atom stereocenters. The van der Waals surface area contributed by atoms with Gasteiger partial charge >= 0.3 is 0 Å². The molecule has 1 aromatic carbocycles. The molecule has 3 fully saturated rings. The van der Waals surface area contributed by atoms with E-state index in [1.54, 1.807) is 0 Å². The molecule has 3 aliphatic rings. The van der Waals surface area contributed by atoms with E-state index >= 15 is 0 Å². The van der Waals surface area contributed by atoms with E-state index in [0.717, 1.165) is 48.3 Å². The number of fused-ring (bicyclic) bond motifs is 2. The van der Waals surface area contributed by atoms with Crippen molar-refractivity contribution in [1.82, 2.24) is 41.7 Å². The smallest absolute Gasteiger partial charge is 0.248 e. The van der Waals surface area contributed by atoms with Gasteiger partial charge in [0.1, 0.15) is 60.4 Å². The Morgan fingerprint density at radius 3 is 2.05 bits per heavy atom. The van der Waals surface area contributed by atoms with Crippen molar-refractivity contribution < 1.29 is 74.4 Å². The molecular weight excluding hydrogens is 993 g/mol. The molecule has 430 valence electrons. The number of aromatic hydroxyl groups is 1. The van der Waals surface area contributed by atoms with Crippen LogP contribution in [0.1, 0.15) is 122 Å². The summed E-state index contributed by atoms with van der Waals surface area (Å²) < 4.78 is 0. The molecule has 25 nitrogen and oxygen atoms in total. The SMILES string of the molecule is CC[C@H](C)C[C@H](C)CCCCCCCCC(=O)N[C@H]1C[C@@H](O)C(NCCN)NC(=O)[C@@H]2[C@@H](O)CCN2C(=O)[C@H]([C@H](O)CCN)NC(=O)[C@H]([C@H](O)[C@@H](O)c2ccc(O)cc2)NC(=O)[C@@H]2C[C@@H](O)CN2C(=O)[C@H](CO)NC1=O. The van der Waals surface area contributed by atoms with Gasteiger partial charge in [0.25, 0.3) is 0 Å². The van der Waals surface area contributed by atoms with Crippen molar-refractivity contribution in [3.05, 3.63) is 29.8 Å². The summed E-state index contributed by atoms with van der Waals surface area (Å²) in [6, 6.07) is -6.33. The standard InChI is InChI=1S/C51H86N10O15/c1-4-28(2)23-29(3)11-9-7-5-6-8-10-12-39(68)55-33-25-38(67)45(54-21-20-53)59-49(74)42-37(66)18-22-60(42)51(76)40(36(65)17-19-52)57-48(73)41(44(70)43(69)30-13-15-31(63)16-14-30)58-47(72)35-24-32(64)26-61(35)50(75)34(27-62)56-46(33)71/h13-16,28-29,32-38,40-45,54,62-67,69-70H,4-12,17-27,52-53H2,1-3H3,(H,55,68)(H,56,71)(H,57,73)(H,58,72)(H,59,74)/t28-,29+,32+,33-,34-,35-,36+,37-,38+,40-,41-,42-,43-,44-,45?/m0/s1. The van der Waals surface area contributed by atoms with Gasteiger partial charge in [0, 0.05) is 45.4 Å². The van der Waals surface area contributed by atoms with Gasteiger partial charge in [-0.1, -0.05) is 77.8 Å². The number of aliphatic hydroxyl groups is 7. The Bertz CT molecular complexity index is 2040. The zero-order chi connectivity index (χ0) is 56.2. The molecule has 0 saturated carbocycles. The molecule has 4 rings (SSSR count). The summed E-state index contributed by atoms with van der Waals surface area (Å²) in [7, 11) is 0. The predicted octanol–water partition coefficient (Wildman–Crippen LogP) is -3.70. The molecule has 1 aromatic rings. The lowest BCUT2D eigenvalue weighted by molar-refractivity contribution is -0.148. The maximum atomic E-state index is 14.6. The van der Waals surface area contributed by atoms with E-state index in [1.807, 2.05) is 0 Å². The van der Waals surface area contributed by atoms with Crippen molar-refractivity contribution in [1.29, 1.82) is 0 Å². The minimum Gasteiger partial charge on any atom is -0.508 e.